The highest BCUT2D eigenvalue weighted by Crippen LogP contribution is 2.43. The van der Waals surface area contributed by atoms with Gasteiger partial charge in [0, 0.05) is 48.5 Å². The largest absolute Gasteiger partial charge is 0.445 e. The molecule has 0 spiro atoms. The third kappa shape index (κ3) is 4.62. The molecule has 1 saturated heterocycles. The summed E-state index contributed by atoms with van der Waals surface area (Å²) in [4.78, 5) is 19.4. The first-order chi connectivity index (χ1) is 18.4. The van der Waals surface area contributed by atoms with Crippen molar-refractivity contribution < 1.29 is 17.9 Å². The Hall–Kier alpha value is -3.85. The van der Waals surface area contributed by atoms with Gasteiger partial charge in [-0.1, -0.05) is 48.5 Å². The summed E-state index contributed by atoms with van der Waals surface area (Å²) in [6, 6.07) is 19.9. The van der Waals surface area contributed by atoms with Crippen molar-refractivity contribution in [1.29, 1.82) is 0 Å². The highest BCUT2D eigenvalue weighted by molar-refractivity contribution is 7.90. The van der Waals surface area contributed by atoms with Gasteiger partial charge in [-0.15, -0.1) is 0 Å². The predicted molar refractivity (Wildman–Crippen MR) is 145 cm³/mol. The summed E-state index contributed by atoms with van der Waals surface area (Å²) >= 11 is 0. The number of anilines is 1. The first kappa shape index (κ1) is 24.5. The number of nitrogens with zero attached hydrogens (tertiary/aromatic N) is 3. The van der Waals surface area contributed by atoms with Crippen LogP contribution in [0.5, 0.6) is 0 Å². The quantitative estimate of drug-likeness (QED) is 0.360. The van der Waals surface area contributed by atoms with Crippen LogP contribution in [0.4, 0.5) is 10.5 Å². The van der Waals surface area contributed by atoms with Crippen LogP contribution in [0.25, 0.3) is 11.0 Å². The Kier molecular flexibility index (Phi) is 6.31. The van der Waals surface area contributed by atoms with E-state index in [4.69, 9.17) is 4.74 Å². The molecule has 9 heteroatoms. The Bertz CT molecular complexity index is 1570. The summed E-state index contributed by atoms with van der Waals surface area (Å²) in [6.07, 6.45) is 5.28. The molecular weight excluding hydrogens is 500 g/mol. The van der Waals surface area contributed by atoms with E-state index in [1.165, 1.54) is 3.97 Å². The van der Waals surface area contributed by atoms with Crippen molar-refractivity contribution in [2.24, 2.45) is 11.8 Å². The van der Waals surface area contributed by atoms with Gasteiger partial charge in [-0.05, 0) is 55.0 Å². The first-order valence-corrected chi connectivity index (χ1v) is 14.4. The highest BCUT2D eigenvalue weighted by atomic mass is 32.2. The number of hydrogen-bond acceptors (Lipinski definition) is 6. The topological polar surface area (TPSA) is 93.5 Å². The van der Waals surface area contributed by atoms with E-state index in [1.807, 2.05) is 37.3 Å². The van der Waals surface area contributed by atoms with E-state index < -0.39 is 10.0 Å². The molecule has 1 aliphatic carbocycles. The van der Waals surface area contributed by atoms with Crippen molar-refractivity contribution in [3.63, 3.8) is 0 Å². The average Bonchev–Trinajstić information content (AvgIpc) is 3.54. The molecule has 2 aromatic heterocycles. The fraction of sp³-hybridized carbons (Fsp3) is 0.310. The Morgan fingerprint density at radius 2 is 1.74 bits per heavy atom. The van der Waals surface area contributed by atoms with E-state index in [1.54, 1.807) is 53.7 Å². The lowest BCUT2D eigenvalue weighted by molar-refractivity contribution is 0.102. The van der Waals surface area contributed by atoms with E-state index in [0.29, 0.717) is 30.6 Å². The standard InChI is InChI=1S/C29H30N4O4S/c1-20-16-30-28-24(14-15-33(28)38(35,36)23-10-6-3-7-11-23)27(20)31-26-18-32(17-25(26)22-12-13-22)29(34)37-19-21-8-4-2-5-9-21/h2-11,14-16,22,25-26H,12-13,17-19H2,1H3,(H,30,31)/t25-,26-/m0/s1. The maximum Gasteiger partial charge on any atom is 0.410 e. The zero-order valence-corrected chi connectivity index (χ0v) is 22.0. The third-order valence-corrected chi connectivity index (χ3v) is 9.24. The molecule has 0 unspecified atom stereocenters. The molecule has 2 fully saturated rings. The van der Waals surface area contributed by atoms with Gasteiger partial charge in [-0.3, -0.25) is 0 Å². The van der Waals surface area contributed by atoms with Crippen LogP contribution >= 0.6 is 0 Å². The Balaban J connectivity index is 1.25. The lowest BCUT2D eigenvalue weighted by Gasteiger charge is -2.22. The van der Waals surface area contributed by atoms with Gasteiger partial charge in [-0.25, -0.2) is 22.2 Å². The molecule has 2 aromatic carbocycles. The summed E-state index contributed by atoms with van der Waals surface area (Å²) < 4.78 is 33.5. The van der Waals surface area contributed by atoms with Gasteiger partial charge in [-0.2, -0.15) is 0 Å². The van der Waals surface area contributed by atoms with E-state index >= 15 is 0 Å². The van der Waals surface area contributed by atoms with Gasteiger partial charge in [0.15, 0.2) is 5.65 Å². The summed E-state index contributed by atoms with van der Waals surface area (Å²) in [5.74, 6) is 0.872. The average molecular weight is 531 g/mol. The number of hydrogen-bond donors (Lipinski definition) is 1. The number of amides is 1. The van der Waals surface area contributed by atoms with E-state index in [2.05, 4.69) is 10.3 Å². The highest BCUT2D eigenvalue weighted by Gasteiger charge is 2.44. The monoisotopic (exact) mass is 530 g/mol. The summed E-state index contributed by atoms with van der Waals surface area (Å²) in [6.45, 7) is 3.38. The van der Waals surface area contributed by atoms with Crippen LogP contribution in [0.15, 0.2) is 84.0 Å². The SMILES string of the molecule is Cc1cnc2c(ccn2S(=O)(=O)c2ccccc2)c1N[C@H]1CN(C(=O)OCc2ccccc2)C[C@H]1C1CC1. The van der Waals surface area contributed by atoms with Crippen molar-refractivity contribution in [2.75, 3.05) is 18.4 Å². The number of ether oxygens (including phenoxy) is 1. The molecule has 3 heterocycles. The maximum absolute atomic E-state index is 13.3. The number of carbonyl (C=O) groups excluding carboxylic acids is 1. The molecule has 0 radical (unpaired) electrons. The van der Waals surface area contributed by atoms with Crippen molar-refractivity contribution in [3.8, 4) is 0 Å². The fourth-order valence-electron chi connectivity index (χ4n) is 5.38. The zero-order chi connectivity index (χ0) is 26.3. The fourth-order valence-corrected chi connectivity index (χ4v) is 6.71. The van der Waals surface area contributed by atoms with Crippen molar-refractivity contribution in [1.82, 2.24) is 13.9 Å². The van der Waals surface area contributed by atoms with Crippen LogP contribution in [-0.4, -0.2) is 47.5 Å². The number of aromatic nitrogens is 2. The number of aryl methyl sites for hydroxylation is 1. The van der Waals surface area contributed by atoms with Crippen LogP contribution in [0.1, 0.15) is 24.0 Å². The maximum atomic E-state index is 13.3. The number of nitrogens with one attached hydrogen (secondary N) is 1. The van der Waals surface area contributed by atoms with Gasteiger partial charge < -0.3 is 15.0 Å². The number of carbonyl (C=O) groups is 1. The molecule has 6 rings (SSSR count). The summed E-state index contributed by atoms with van der Waals surface area (Å²) in [5.41, 5.74) is 3.11. The van der Waals surface area contributed by atoms with Gasteiger partial charge in [0.05, 0.1) is 4.90 Å². The minimum Gasteiger partial charge on any atom is -0.445 e. The third-order valence-electron chi connectivity index (χ3n) is 7.56. The van der Waals surface area contributed by atoms with E-state index in [-0.39, 0.29) is 23.6 Å². The smallest absolute Gasteiger partial charge is 0.410 e. The van der Waals surface area contributed by atoms with Gasteiger partial charge in [0.2, 0.25) is 0 Å². The molecule has 38 heavy (non-hydrogen) atoms. The Labute approximate surface area is 222 Å². The number of rotatable bonds is 7. The first-order valence-electron chi connectivity index (χ1n) is 12.9. The van der Waals surface area contributed by atoms with Gasteiger partial charge in [0.1, 0.15) is 6.61 Å². The van der Waals surface area contributed by atoms with Gasteiger partial charge in [0.25, 0.3) is 10.0 Å². The van der Waals surface area contributed by atoms with Crippen LogP contribution < -0.4 is 5.32 Å². The summed E-state index contributed by atoms with van der Waals surface area (Å²) in [5, 5.41) is 4.43. The molecule has 4 aromatic rings. The Morgan fingerprint density at radius 1 is 1.03 bits per heavy atom. The molecule has 8 nitrogen and oxygen atoms in total. The van der Waals surface area contributed by atoms with Crippen molar-refractivity contribution in [3.05, 3.63) is 90.3 Å². The molecular formula is C29H30N4O4S. The number of pyridine rings is 1. The lowest BCUT2D eigenvalue weighted by Crippen LogP contribution is -2.32. The molecule has 196 valence electrons. The molecule has 1 aliphatic heterocycles. The molecule has 2 aliphatic rings. The van der Waals surface area contributed by atoms with Crippen molar-refractivity contribution >= 4 is 32.8 Å². The second-order valence-corrected chi connectivity index (χ2v) is 12.0. The second-order valence-electron chi connectivity index (χ2n) is 10.2. The minimum absolute atomic E-state index is 0.0326. The molecule has 1 N–H and O–H groups in total. The minimum atomic E-state index is -3.79. The van der Waals surface area contributed by atoms with Gasteiger partial charge >= 0.3 is 6.09 Å². The van der Waals surface area contributed by atoms with Crippen LogP contribution in [0, 0.1) is 18.8 Å². The number of fused-ring (bicyclic) bond motifs is 1. The van der Waals surface area contributed by atoms with E-state index in [9.17, 15) is 13.2 Å². The molecule has 0 bridgehead atoms. The van der Waals surface area contributed by atoms with E-state index in [0.717, 1.165) is 35.0 Å². The zero-order valence-electron chi connectivity index (χ0n) is 21.2. The lowest BCUT2D eigenvalue weighted by atomic mass is 9.97. The van der Waals surface area contributed by atoms with Crippen LogP contribution in [0.3, 0.4) is 0 Å². The van der Waals surface area contributed by atoms with Crippen LogP contribution in [0.2, 0.25) is 0 Å². The van der Waals surface area contributed by atoms with Crippen molar-refractivity contribution in [2.45, 2.75) is 37.3 Å². The number of benzene rings is 2. The number of likely N-dealkylation sites (tertiary alicyclic amines) is 1. The predicted octanol–water partition coefficient (Wildman–Crippen LogP) is 5.04. The Morgan fingerprint density at radius 3 is 2.45 bits per heavy atom. The molecule has 2 atom stereocenters. The molecule has 1 saturated carbocycles. The summed E-state index contributed by atoms with van der Waals surface area (Å²) in [7, 11) is -3.79. The second kappa shape index (κ2) is 9.79. The normalized spacial score (nSPS) is 19.6. The molecule has 1 amide bonds. The van der Waals surface area contributed by atoms with Crippen LogP contribution in [-0.2, 0) is 21.4 Å².